The molecule has 1 unspecified atom stereocenters. The van der Waals surface area contributed by atoms with Crippen molar-refractivity contribution in [3.05, 3.63) is 70.2 Å². The Bertz CT molecular complexity index is 841. The summed E-state index contributed by atoms with van der Waals surface area (Å²) < 4.78 is 1.06. The molecule has 1 saturated heterocycles. The van der Waals surface area contributed by atoms with Crippen molar-refractivity contribution in [1.82, 2.24) is 5.32 Å². The summed E-state index contributed by atoms with van der Waals surface area (Å²) in [4.78, 5) is 14.4. The van der Waals surface area contributed by atoms with Crippen molar-refractivity contribution in [3.8, 4) is 0 Å². The molecule has 3 nitrogen and oxygen atoms in total. The van der Waals surface area contributed by atoms with Crippen LogP contribution in [0, 0.1) is 0 Å². The van der Waals surface area contributed by atoms with Gasteiger partial charge in [0.05, 0.1) is 6.54 Å². The highest BCUT2D eigenvalue weighted by atomic mass is 79.9. The molecule has 1 amide bonds. The molecule has 0 radical (unpaired) electrons. The van der Waals surface area contributed by atoms with E-state index in [1.165, 1.54) is 5.56 Å². The molecular weight excluding hydrogens is 364 g/mol. The van der Waals surface area contributed by atoms with Gasteiger partial charge in [-0.2, -0.15) is 0 Å². The van der Waals surface area contributed by atoms with Crippen LogP contribution in [0.5, 0.6) is 0 Å². The Hall–Kier alpha value is -2.07. The van der Waals surface area contributed by atoms with Crippen LogP contribution in [0.4, 0.5) is 5.69 Å². The number of halogens is 1. The number of hydrogen-bond donors (Lipinski definition) is 1. The van der Waals surface area contributed by atoms with Crippen LogP contribution in [0.2, 0.25) is 0 Å². The van der Waals surface area contributed by atoms with E-state index < -0.39 is 5.66 Å². The molecule has 1 fully saturated rings. The molecular formula is C20H19BrN2O. The molecule has 122 valence electrons. The van der Waals surface area contributed by atoms with Gasteiger partial charge >= 0.3 is 0 Å². The third-order valence-electron chi connectivity index (χ3n) is 5.27. The first-order valence-electron chi connectivity index (χ1n) is 8.07. The highest BCUT2D eigenvalue weighted by molar-refractivity contribution is 9.10. The van der Waals surface area contributed by atoms with Crippen LogP contribution in [0.15, 0.2) is 59.1 Å². The zero-order valence-electron chi connectivity index (χ0n) is 13.7. The van der Waals surface area contributed by atoms with Crippen molar-refractivity contribution in [1.29, 1.82) is 0 Å². The van der Waals surface area contributed by atoms with Crippen molar-refractivity contribution in [2.45, 2.75) is 24.9 Å². The molecule has 1 N–H and O–H groups in total. The first-order chi connectivity index (χ1) is 11.4. The summed E-state index contributed by atoms with van der Waals surface area (Å²) in [5.41, 5.74) is 2.77. The van der Waals surface area contributed by atoms with Crippen LogP contribution in [0.1, 0.15) is 25.0 Å². The van der Waals surface area contributed by atoms with Gasteiger partial charge in [-0.15, -0.1) is 0 Å². The van der Waals surface area contributed by atoms with Gasteiger partial charge < -0.3 is 10.2 Å². The van der Waals surface area contributed by atoms with E-state index in [1.807, 2.05) is 18.2 Å². The first kappa shape index (κ1) is 15.5. The quantitative estimate of drug-likeness (QED) is 0.848. The lowest BCUT2D eigenvalue weighted by Crippen LogP contribution is -2.58. The Balaban J connectivity index is 1.82. The van der Waals surface area contributed by atoms with Gasteiger partial charge in [0.15, 0.2) is 0 Å². The normalized spacial score (nSPS) is 24.1. The number of amides is 1. The zero-order chi connectivity index (χ0) is 16.9. The van der Waals surface area contributed by atoms with E-state index in [0.29, 0.717) is 6.54 Å². The number of rotatable bonds is 2. The maximum absolute atomic E-state index is 12.2. The van der Waals surface area contributed by atoms with Gasteiger partial charge in [0.2, 0.25) is 5.91 Å². The summed E-state index contributed by atoms with van der Waals surface area (Å²) in [5.74, 6) is 0.0676. The summed E-state index contributed by atoms with van der Waals surface area (Å²) in [6.45, 7) is 4.79. The number of anilines is 1. The number of nitrogens with one attached hydrogen (secondary N) is 1. The topological polar surface area (TPSA) is 32.3 Å². The number of carbonyl (C=O) groups excluding carboxylic acids is 1. The van der Waals surface area contributed by atoms with Gasteiger partial charge in [0.1, 0.15) is 5.66 Å². The molecule has 0 aromatic heterocycles. The maximum atomic E-state index is 12.2. The Kier molecular flexibility index (Phi) is 3.36. The molecule has 0 aliphatic carbocycles. The minimum Gasteiger partial charge on any atom is -0.335 e. The fraction of sp³-hybridized carbons (Fsp3) is 0.250. The van der Waals surface area contributed by atoms with Crippen LogP contribution >= 0.6 is 15.9 Å². The lowest BCUT2D eigenvalue weighted by atomic mass is 9.75. The van der Waals surface area contributed by atoms with Gasteiger partial charge in [-0.1, -0.05) is 66.2 Å². The van der Waals surface area contributed by atoms with Gasteiger partial charge in [-0.25, -0.2) is 0 Å². The molecule has 24 heavy (non-hydrogen) atoms. The molecule has 2 aliphatic heterocycles. The van der Waals surface area contributed by atoms with Gasteiger partial charge in [0.25, 0.3) is 0 Å². The Morgan fingerprint density at radius 3 is 2.58 bits per heavy atom. The monoisotopic (exact) mass is 382 g/mol. The van der Waals surface area contributed by atoms with Crippen LogP contribution in [0.3, 0.4) is 0 Å². The van der Waals surface area contributed by atoms with E-state index in [9.17, 15) is 4.79 Å². The van der Waals surface area contributed by atoms with Crippen LogP contribution in [-0.2, 0) is 10.2 Å². The number of fused-ring (bicyclic) bond motifs is 3. The van der Waals surface area contributed by atoms with Crippen molar-refractivity contribution in [2.75, 3.05) is 11.4 Å². The number of hydrogen-bond acceptors (Lipinski definition) is 2. The van der Waals surface area contributed by atoms with Crippen LogP contribution < -0.4 is 10.2 Å². The highest BCUT2D eigenvalue weighted by Gasteiger charge is 2.59. The fourth-order valence-electron chi connectivity index (χ4n) is 3.93. The van der Waals surface area contributed by atoms with Crippen molar-refractivity contribution in [3.63, 3.8) is 0 Å². The summed E-state index contributed by atoms with van der Waals surface area (Å²) >= 11 is 3.46. The summed E-state index contributed by atoms with van der Waals surface area (Å²) in [5, 5.41) is 3.24. The minimum absolute atomic E-state index is 0.0676. The fourth-order valence-corrected chi connectivity index (χ4v) is 4.19. The molecule has 0 bridgehead atoms. The molecule has 2 aromatic carbocycles. The van der Waals surface area contributed by atoms with Gasteiger partial charge in [0, 0.05) is 15.6 Å². The van der Waals surface area contributed by atoms with Gasteiger partial charge in [-0.05, 0) is 35.4 Å². The molecule has 1 atom stereocenters. The van der Waals surface area contributed by atoms with E-state index in [4.69, 9.17) is 0 Å². The second-order valence-corrected chi connectivity index (χ2v) is 7.84. The maximum Gasteiger partial charge on any atom is 0.241 e. The molecule has 4 rings (SSSR count). The molecule has 4 heteroatoms. The number of para-hydroxylation sites is 1. The predicted molar refractivity (Wildman–Crippen MR) is 101 cm³/mol. The van der Waals surface area contributed by atoms with Crippen molar-refractivity contribution >= 4 is 33.6 Å². The third kappa shape index (κ3) is 2.06. The average Bonchev–Trinajstić information content (AvgIpc) is 2.99. The van der Waals surface area contributed by atoms with E-state index in [0.717, 1.165) is 15.7 Å². The van der Waals surface area contributed by atoms with E-state index in [2.05, 4.69) is 82.5 Å². The van der Waals surface area contributed by atoms with Gasteiger partial charge in [-0.3, -0.25) is 4.79 Å². The SMILES string of the molecule is CC1(C)c2ccccc2N2CC(=O)NC21/C=C/c1ccc(Br)cc1. The smallest absolute Gasteiger partial charge is 0.241 e. The lowest BCUT2D eigenvalue weighted by molar-refractivity contribution is -0.118. The van der Waals surface area contributed by atoms with E-state index >= 15 is 0 Å². The molecule has 2 aromatic rings. The second kappa shape index (κ2) is 5.21. The van der Waals surface area contributed by atoms with E-state index in [1.54, 1.807) is 0 Å². The Morgan fingerprint density at radius 1 is 1.12 bits per heavy atom. The standard InChI is InChI=1S/C20H19BrN2O/c1-19(2)16-5-3-4-6-17(16)23-13-18(24)22-20(19,23)12-11-14-7-9-15(21)10-8-14/h3-12H,13H2,1-2H3,(H,22,24)/b12-11+. The van der Waals surface area contributed by atoms with Crippen LogP contribution in [-0.4, -0.2) is 18.1 Å². The highest BCUT2D eigenvalue weighted by Crippen LogP contribution is 2.52. The number of carbonyl (C=O) groups is 1. The summed E-state index contributed by atoms with van der Waals surface area (Å²) in [6, 6.07) is 16.5. The Labute approximate surface area is 150 Å². The molecule has 2 heterocycles. The number of nitrogens with zero attached hydrogens (tertiary/aromatic N) is 1. The van der Waals surface area contributed by atoms with Crippen molar-refractivity contribution in [2.24, 2.45) is 0 Å². The average molecular weight is 383 g/mol. The summed E-state index contributed by atoms with van der Waals surface area (Å²) in [6.07, 6.45) is 4.24. The molecule has 0 spiro atoms. The Morgan fingerprint density at radius 2 is 1.83 bits per heavy atom. The number of benzene rings is 2. The van der Waals surface area contributed by atoms with Crippen LogP contribution in [0.25, 0.3) is 6.08 Å². The second-order valence-electron chi connectivity index (χ2n) is 6.93. The van der Waals surface area contributed by atoms with E-state index in [-0.39, 0.29) is 11.3 Å². The lowest BCUT2D eigenvalue weighted by Gasteiger charge is -2.40. The van der Waals surface area contributed by atoms with Crippen molar-refractivity contribution < 1.29 is 4.79 Å². The first-order valence-corrected chi connectivity index (χ1v) is 8.86. The zero-order valence-corrected chi connectivity index (χ0v) is 15.3. The third-order valence-corrected chi connectivity index (χ3v) is 5.79. The predicted octanol–water partition coefficient (Wildman–Crippen LogP) is 4.09. The minimum atomic E-state index is -0.527. The molecule has 2 aliphatic rings. The summed E-state index contributed by atoms with van der Waals surface area (Å²) in [7, 11) is 0. The molecule has 0 saturated carbocycles. The largest absolute Gasteiger partial charge is 0.335 e.